The van der Waals surface area contributed by atoms with E-state index in [4.69, 9.17) is 12.2 Å². The van der Waals surface area contributed by atoms with Gasteiger partial charge in [-0.2, -0.15) is 0 Å². The summed E-state index contributed by atoms with van der Waals surface area (Å²) < 4.78 is 3.02. The summed E-state index contributed by atoms with van der Waals surface area (Å²) in [7, 11) is 0. The van der Waals surface area contributed by atoms with Crippen LogP contribution in [-0.4, -0.2) is 4.57 Å². The highest BCUT2D eigenvalue weighted by Crippen LogP contribution is 2.16. The minimum Gasteiger partial charge on any atom is -0.334 e. The summed E-state index contributed by atoms with van der Waals surface area (Å²) in [5.41, 5.74) is 1.27. The van der Waals surface area contributed by atoms with E-state index in [2.05, 4.69) is 53.2 Å². The van der Waals surface area contributed by atoms with Crippen LogP contribution in [0.5, 0.6) is 0 Å². The molecule has 1 aromatic heterocycles. The fraction of sp³-hybridized carbons (Fsp3) is 0.0625. The van der Waals surface area contributed by atoms with Crippen molar-refractivity contribution in [2.24, 2.45) is 0 Å². The number of fused-ring (bicyclic) bond motifs is 1. The summed E-state index contributed by atoms with van der Waals surface area (Å²) in [4.78, 5) is 0. The highest BCUT2D eigenvalue weighted by molar-refractivity contribution is 7.71. The molecule has 2 aromatic carbocycles. The molecule has 1 nitrogen and oxygen atoms in total. The molecule has 2 heteroatoms. The maximum Gasteiger partial charge on any atom is 0.114 e. The van der Waals surface area contributed by atoms with Crippen molar-refractivity contribution in [3.63, 3.8) is 0 Å². The quantitative estimate of drug-likeness (QED) is 0.610. The normalized spacial score (nSPS) is 10.7. The van der Waals surface area contributed by atoms with Crippen molar-refractivity contribution < 1.29 is 0 Å². The van der Waals surface area contributed by atoms with E-state index in [1.807, 2.05) is 18.2 Å². The SMILES string of the molecule is S=c1c2ccccc2ccn1Cc1ccccc1. The van der Waals surface area contributed by atoms with Crippen molar-refractivity contribution >= 4 is 23.0 Å². The standard InChI is InChI=1S/C16H13NS/c18-16-15-9-5-4-8-14(15)10-11-17(16)12-13-6-2-1-3-7-13/h1-11H,12H2. The fourth-order valence-corrected chi connectivity index (χ4v) is 2.45. The summed E-state index contributed by atoms with van der Waals surface area (Å²) >= 11 is 5.56. The van der Waals surface area contributed by atoms with Gasteiger partial charge < -0.3 is 4.57 Å². The Bertz CT molecular complexity index is 729. The first-order valence-corrected chi connectivity index (χ1v) is 6.37. The Morgan fingerprint density at radius 3 is 2.39 bits per heavy atom. The van der Waals surface area contributed by atoms with Crippen LogP contribution in [0.3, 0.4) is 0 Å². The predicted molar refractivity (Wildman–Crippen MR) is 78.3 cm³/mol. The van der Waals surface area contributed by atoms with Crippen LogP contribution in [0.25, 0.3) is 10.8 Å². The van der Waals surface area contributed by atoms with E-state index in [-0.39, 0.29) is 0 Å². The van der Waals surface area contributed by atoms with Crippen LogP contribution in [0.4, 0.5) is 0 Å². The summed E-state index contributed by atoms with van der Waals surface area (Å²) in [5, 5.41) is 2.35. The van der Waals surface area contributed by atoms with Gasteiger partial charge in [-0.25, -0.2) is 0 Å². The first kappa shape index (κ1) is 11.2. The Balaban J connectivity index is 2.08. The van der Waals surface area contributed by atoms with Crippen LogP contribution in [-0.2, 0) is 6.54 Å². The number of benzene rings is 2. The summed E-state index contributed by atoms with van der Waals surface area (Å²) in [5.74, 6) is 0. The third kappa shape index (κ3) is 2.07. The van der Waals surface area contributed by atoms with Crippen molar-refractivity contribution in [2.45, 2.75) is 6.54 Å². The molecule has 0 bridgehead atoms. The van der Waals surface area contributed by atoms with Gasteiger partial charge in [0.25, 0.3) is 0 Å². The number of aromatic nitrogens is 1. The van der Waals surface area contributed by atoms with Gasteiger partial charge in [0.15, 0.2) is 0 Å². The summed E-state index contributed by atoms with van der Waals surface area (Å²) in [6.45, 7) is 0.824. The van der Waals surface area contributed by atoms with Crippen molar-refractivity contribution in [3.8, 4) is 0 Å². The molecule has 0 aliphatic carbocycles. The van der Waals surface area contributed by atoms with Crippen molar-refractivity contribution in [3.05, 3.63) is 77.1 Å². The molecule has 3 aromatic rings. The molecule has 0 aliphatic rings. The van der Waals surface area contributed by atoms with Crippen molar-refractivity contribution in [2.75, 3.05) is 0 Å². The molecule has 0 atom stereocenters. The second-order valence-electron chi connectivity index (χ2n) is 4.32. The number of nitrogens with zero attached hydrogens (tertiary/aromatic N) is 1. The molecule has 0 saturated heterocycles. The second kappa shape index (κ2) is 4.75. The van der Waals surface area contributed by atoms with E-state index in [1.165, 1.54) is 10.9 Å². The third-order valence-electron chi connectivity index (χ3n) is 3.08. The predicted octanol–water partition coefficient (Wildman–Crippen LogP) is 4.42. The topological polar surface area (TPSA) is 4.93 Å². The fourth-order valence-electron chi connectivity index (χ4n) is 2.13. The van der Waals surface area contributed by atoms with E-state index in [0.29, 0.717) is 0 Å². The third-order valence-corrected chi connectivity index (χ3v) is 3.54. The van der Waals surface area contributed by atoms with Gasteiger partial charge >= 0.3 is 0 Å². The summed E-state index contributed by atoms with van der Waals surface area (Å²) in [6, 6.07) is 20.8. The number of rotatable bonds is 2. The van der Waals surface area contributed by atoms with Gasteiger partial charge in [-0.3, -0.25) is 0 Å². The molecule has 18 heavy (non-hydrogen) atoms. The maximum atomic E-state index is 5.56. The smallest absolute Gasteiger partial charge is 0.114 e. The molecule has 0 radical (unpaired) electrons. The number of hydrogen-bond donors (Lipinski definition) is 0. The van der Waals surface area contributed by atoms with E-state index < -0.39 is 0 Å². The molecular weight excluding hydrogens is 238 g/mol. The second-order valence-corrected chi connectivity index (χ2v) is 4.71. The van der Waals surface area contributed by atoms with Crippen LogP contribution in [0.15, 0.2) is 66.9 Å². The van der Waals surface area contributed by atoms with Gasteiger partial charge in [0.1, 0.15) is 4.64 Å². The zero-order valence-corrected chi connectivity index (χ0v) is 10.7. The largest absolute Gasteiger partial charge is 0.334 e. The average Bonchev–Trinajstić information content (AvgIpc) is 2.43. The van der Waals surface area contributed by atoms with E-state index in [1.54, 1.807) is 0 Å². The van der Waals surface area contributed by atoms with Gasteiger partial charge in [0.2, 0.25) is 0 Å². The Morgan fingerprint density at radius 2 is 1.56 bits per heavy atom. The van der Waals surface area contributed by atoms with Gasteiger partial charge in [-0.1, -0.05) is 66.8 Å². The van der Waals surface area contributed by atoms with Crippen LogP contribution in [0, 0.1) is 4.64 Å². The van der Waals surface area contributed by atoms with Crippen molar-refractivity contribution in [1.82, 2.24) is 4.57 Å². The zero-order valence-electron chi connectivity index (χ0n) is 9.91. The molecular formula is C16H13NS. The highest BCUT2D eigenvalue weighted by atomic mass is 32.1. The molecule has 0 saturated carbocycles. The molecule has 0 spiro atoms. The summed E-state index contributed by atoms with van der Waals surface area (Å²) in [6.07, 6.45) is 2.07. The lowest BCUT2D eigenvalue weighted by molar-refractivity contribution is 0.786. The molecule has 3 rings (SSSR count). The van der Waals surface area contributed by atoms with E-state index >= 15 is 0 Å². The molecule has 0 unspecified atom stereocenters. The first-order valence-electron chi connectivity index (χ1n) is 5.97. The van der Waals surface area contributed by atoms with Gasteiger partial charge in [-0.15, -0.1) is 0 Å². The first-order chi connectivity index (χ1) is 8.84. The lowest BCUT2D eigenvalue weighted by atomic mass is 10.1. The molecule has 0 N–H and O–H groups in total. The van der Waals surface area contributed by atoms with Gasteiger partial charge in [-0.05, 0) is 17.0 Å². The lowest BCUT2D eigenvalue weighted by Gasteiger charge is -2.09. The molecule has 0 aliphatic heterocycles. The van der Waals surface area contributed by atoms with E-state index in [9.17, 15) is 0 Å². The Kier molecular flexibility index (Phi) is 2.95. The number of pyridine rings is 1. The van der Waals surface area contributed by atoms with Crippen LogP contribution < -0.4 is 0 Å². The van der Waals surface area contributed by atoms with Gasteiger partial charge in [0.05, 0.1) is 0 Å². The van der Waals surface area contributed by atoms with Gasteiger partial charge in [0, 0.05) is 18.1 Å². The molecule has 88 valence electrons. The monoisotopic (exact) mass is 251 g/mol. The van der Waals surface area contributed by atoms with Crippen LogP contribution in [0.1, 0.15) is 5.56 Å². The highest BCUT2D eigenvalue weighted by Gasteiger charge is 1.99. The Hall–Kier alpha value is -1.93. The zero-order chi connectivity index (χ0) is 12.4. The maximum absolute atomic E-state index is 5.56. The van der Waals surface area contributed by atoms with Crippen molar-refractivity contribution in [1.29, 1.82) is 0 Å². The Morgan fingerprint density at radius 1 is 0.833 bits per heavy atom. The lowest BCUT2D eigenvalue weighted by Crippen LogP contribution is -2.01. The molecule has 0 fully saturated rings. The Labute approximate surface area is 111 Å². The van der Waals surface area contributed by atoms with Crippen LogP contribution in [0.2, 0.25) is 0 Å². The molecule has 0 amide bonds. The minimum atomic E-state index is 0.824. The number of hydrogen-bond acceptors (Lipinski definition) is 1. The van der Waals surface area contributed by atoms with Crippen LogP contribution >= 0.6 is 12.2 Å². The van der Waals surface area contributed by atoms with E-state index in [0.717, 1.165) is 16.6 Å². The average molecular weight is 251 g/mol. The molecule has 1 heterocycles. The minimum absolute atomic E-state index is 0.824.